The van der Waals surface area contributed by atoms with Crippen molar-refractivity contribution < 1.29 is 4.79 Å². The van der Waals surface area contributed by atoms with Gasteiger partial charge in [-0.15, -0.1) is 0 Å². The smallest absolute Gasteiger partial charge is 0.270 e. The molecule has 0 aliphatic carbocycles. The number of nitrogens with zero attached hydrogens (tertiary/aromatic N) is 3. The summed E-state index contributed by atoms with van der Waals surface area (Å²) < 4.78 is 2.82. The number of imidazole rings is 1. The fraction of sp³-hybridized carbons (Fsp3) is 0.556. The fourth-order valence-corrected chi connectivity index (χ4v) is 3.49. The van der Waals surface area contributed by atoms with Gasteiger partial charge in [-0.1, -0.05) is 13.8 Å². The molecule has 0 aliphatic heterocycles. The minimum Gasteiger partial charge on any atom is -0.351 e. The topological polar surface area (TPSA) is 49.6 Å². The van der Waals surface area contributed by atoms with Gasteiger partial charge in [0.1, 0.15) is 11.3 Å². The summed E-state index contributed by atoms with van der Waals surface area (Å²) in [4.78, 5) is 19.5. The van der Waals surface area contributed by atoms with Gasteiger partial charge in [0.15, 0.2) is 0 Å². The monoisotopic (exact) mass is 394 g/mol. The third-order valence-corrected chi connectivity index (χ3v) is 4.77. The summed E-state index contributed by atoms with van der Waals surface area (Å²) in [7, 11) is 0. The van der Waals surface area contributed by atoms with E-state index in [-0.39, 0.29) is 5.91 Å². The standard InChI is InChI=1S/C18H27BrN4O/c1-5-22(6-2)10-8-7-9-20-18(24)16-14(4)21-17-13(3)11-15(19)12-23(16)17/h11-12H,5-10H2,1-4H3,(H,20,24). The Hall–Kier alpha value is -1.40. The van der Waals surface area contributed by atoms with E-state index in [9.17, 15) is 4.79 Å². The van der Waals surface area contributed by atoms with Crippen LogP contribution in [0.5, 0.6) is 0 Å². The molecular weight excluding hydrogens is 368 g/mol. The van der Waals surface area contributed by atoms with E-state index in [1.165, 1.54) is 0 Å². The molecule has 0 atom stereocenters. The Labute approximate surface area is 152 Å². The van der Waals surface area contributed by atoms with E-state index >= 15 is 0 Å². The highest BCUT2D eigenvalue weighted by atomic mass is 79.9. The number of fused-ring (bicyclic) bond motifs is 1. The molecule has 2 rings (SSSR count). The summed E-state index contributed by atoms with van der Waals surface area (Å²) in [5.41, 5.74) is 3.27. The molecule has 0 aliphatic rings. The van der Waals surface area contributed by atoms with Gasteiger partial charge in [-0.3, -0.25) is 9.20 Å². The molecule has 1 N–H and O–H groups in total. The summed E-state index contributed by atoms with van der Waals surface area (Å²) in [5, 5.41) is 3.03. The van der Waals surface area contributed by atoms with E-state index in [4.69, 9.17) is 0 Å². The van der Waals surface area contributed by atoms with E-state index in [0.717, 1.165) is 53.9 Å². The van der Waals surface area contributed by atoms with Gasteiger partial charge in [-0.2, -0.15) is 0 Å². The third-order valence-electron chi connectivity index (χ3n) is 4.34. The number of halogens is 1. The molecular formula is C18H27BrN4O. The number of hydrogen-bond acceptors (Lipinski definition) is 3. The van der Waals surface area contributed by atoms with Crippen LogP contribution in [-0.2, 0) is 0 Å². The molecule has 0 radical (unpaired) electrons. The van der Waals surface area contributed by atoms with Crippen LogP contribution < -0.4 is 5.32 Å². The normalized spacial score (nSPS) is 11.4. The number of nitrogens with one attached hydrogen (secondary N) is 1. The van der Waals surface area contributed by atoms with Gasteiger partial charge >= 0.3 is 0 Å². The average molecular weight is 395 g/mol. The zero-order chi connectivity index (χ0) is 17.7. The summed E-state index contributed by atoms with van der Waals surface area (Å²) in [6.07, 6.45) is 3.98. The molecule has 0 spiro atoms. The van der Waals surface area contributed by atoms with Gasteiger partial charge < -0.3 is 10.2 Å². The van der Waals surface area contributed by atoms with Crippen LogP contribution in [0.4, 0.5) is 0 Å². The number of pyridine rings is 1. The molecule has 0 bridgehead atoms. The zero-order valence-corrected chi connectivity index (χ0v) is 16.6. The second-order valence-electron chi connectivity index (χ2n) is 6.07. The first-order chi connectivity index (χ1) is 11.5. The van der Waals surface area contributed by atoms with Crippen molar-refractivity contribution in [1.29, 1.82) is 0 Å². The molecule has 0 aromatic carbocycles. The fourth-order valence-electron chi connectivity index (χ4n) is 2.94. The molecule has 2 aromatic rings. The Morgan fingerprint density at radius 2 is 2.00 bits per heavy atom. The lowest BCUT2D eigenvalue weighted by Crippen LogP contribution is -2.28. The Kier molecular flexibility index (Phi) is 6.80. The van der Waals surface area contributed by atoms with E-state index < -0.39 is 0 Å². The average Bonchev–Trinajstić information content (AvgIpc) is 2.87. The van der Waals surface area contributed by atoms with E-state index in [0.29, 0.717) is 12.2 Å². The number of aromatic nitrogens is 2. The molecule has 0 saturated carbocycles. The first kappa shape index (κ1) is 18.9. The minimum atomic E-state index is -0.0552. The Morgan fingerprint density at radius 1 is 1.29 bits per heavy atom. The molecule has 0 fully saturated rings. The largest absolute Gasteiger partial charge is 0.351 e. The van der Waals surface area contributed by atoms with E-state index in [2.05, 4.69) is 45.0 Å². The predicted octanol–water partition coefficient (Wildman–Crippen LogP) is 3.57. The lowest BCUT2D eigenvalue weighted by atomic mass is 10.2. The van der Waals surface area contributed by atoms with Crippen LogP contribution in [0.15, 0.2) is 16.7 Å². The zero-order valence-electron chi connectivity index (χ0n) is 15.0. The summed E-state index contributed by atoms with van der Waals surface area (Å²) in [5.74, 6) is -0.0552. The maximum atomic E-state index is 12.6. The van der Waals surface area contributed by atoms with Gasteiger partial charge in [-0.25, -0.2) is 4.98 Å². The van der Waals surface area contributed by atoms with E-state index in [1.54, 1.807) is 0 Å². The Bertz CT molecular complexity index is 707. The summed E-state index contributed by atoms with van der Waals surface area (Å²) in [6, 6.07) is 2.01. The number of rotatable bonds is 8. The molecule has 24 heavy (non-hydrogen) atoms. The van der Waals surface area contributed by atoms with Crippen LogP contribution in [-0.4, -0.2) is 46.4 Å². The van der Waals surface area contributed by atoms with E-state index in [1.807, 2.05) is 30.5 Å². The number of hydrogen-bond donors (Lipinski definition) is 1. The van der Waals surface area contributed by atoms with Crippen molar-refractivity contribution in [3.05, 3.63) is 33.7 Å². The van der Waals surface area contributed by atoms with Gasteiger partial charge in [0.25, 0.3) is 5.91 Å². The summed E-state index contributed by atoms with van der Waals surface area (Å²) in [6.45, 7) is 12.2. The molecule has 0 unspecified atom stereocenters. The Morgan fingerprint density at radius 3 is 2.67 bits per heavy atom. The number of carbonyl (C=O) groups excluding carboxylic acids is 1. The van der Waals surface area contributed by atoms with Crippen molar-refractivity contribution in [1.82, 2.24) is 19.6 Å². The molecule has 132 valence electrons. The highest BCUT2D eigenvalue weighted by Gasteiger charge is 2.17. The van der Waals surface area contributed by atoms with Crippen molar-refractivity contribution in [3.8, 4) is 0 Å². The Balaban J connectivity index is 1.98. The molecule has 6 heteroatoms. The highest BCUT2D eigenvalue weighted by Crippen LogP contribution is 2.20. The molecule has 1 amide bonds. The first-order valence-corrected chi connectivity index (χ1v) is 9.42. The number of amides is 1. The van der Waals surface area contributed by atoms with Gasteiger partial charge in [0.2, 0.25) is 0 Å². The van der Waals surface area contributed by atoms with Crippen LogP contribution >= 0.6 is 15.9 Å². The van der Waals surface area contributed by atoms with Crippen molar-refractivity contribution in [2.45, 2.75) is 40.5 Å². The molecule has 2 aromatic heterocycles. The maximum absolute atomic E-state index is 12.6. The van der Waals surface area contributed by atoms with Crippen LogP contribution in [0.1, 0.15) is 48.4 Å². The highest BCUT2D eigenvalue weighted by molar-refractivity contribution is 9.10. The first-order valence-electron chi connectivity index (χ1n) is 8.63. The molecule has 5 nitrogen and oxygen atoms in total. The van der Waals surface area contributed by atoms with Gasteiger partial charge in [0.05, 0.1) is 5.69 Å². The second kappa shape index (κ2) is 8.62. The predicted molar refractivity (Wildman–Crippen MR) is 102 cm³/mol. The van der Waals surface area contributed by atoms with Crippen molar-refractivity contribution >= 4 is 27.5 Å². The van der Waals surface area contributed by atoms with Crippen molar-refractivity contribution in [3.63, 3.8) is 0 Å². The minimum absolute atomic E-state index is 0.0552. The number of aryl methyl sites for hydroxylation is 2. The quantitative estimate of drug-likeness (QED) is 0.696. The lowest BCUT2D eigenvalue weighted by Gasteiger charge is -2.17. The lowest BCUT2D eigenvalue weighted by molar-refractivity contribution is 0.0946. The van der Waals surface area contributed by atoms with Gasteiger partial charge in [0, 0.05) is 17.2 Å². The SMILES string of the molecule is CCN(CC)CCCCNC(=O)c1c(C)nc2c(C)cc(Br)cn12. The number of carbonyl (C=O) groups is 1. The van der Waals surface area contributed by atoms with Crippen LogP contribution in [0.25, 0.3) is 5.65 Å². The van der Waals surface area contributed by atoms with Gasteiger partial charge in [-0.05, 0) is 73.9 Å². The third kappa shape index (κ3) is 4.36. The van der Waals surface area contributed by atoms with Crippen LogP contribution in [0.3, 0.4) is 0 Å². The molecule has 2 heterocycles. The summed E-state index contributed by atoms with van der Waals surface area (Å²) >= 11 is 3.49. The number of unbranched alkanes of at least 4 members (excludes halogenated alkanes) is 1. The van der Waals surface area contributed by atoms with Crippen molar-refractivity contribution in [2.75, 3.05) is 26.2 Å². The maximum Gasteiger partial charge on any atom is 0.270 e. The molecule has 0 saturated heterocycles. The van der Waals surface area contributed by atoms with Crippen LogP contribution in [0, 0.1) is 13.8 Å². The van der Waals surface area contributed by atoms with Crippen LogP contribution in [0.2, 0.25) is 0 Å². The van der Waals surface area contributed by atoms with Crippen molar-refractivity contribution in [2.24, 2.45) is 0 Å². The second-order valence-corrected chi connectivity index (χ2v) is 6.99.